The van der Waals surface area contributed by atoms with E-state index in [9.17, 15) is 14.0 Å². The van der Waals surface area contributed by atoms with E-state index in [0.29, 0.717) is 12.8 Å². The maximum absolute atomic E-state index is 14.2. The standard InChI is InChI=1S/C17H12BrF2N/c18-14-5-6-15(19)13(16(14)20)9-17(10-21)7-11-3-1-2-4-12(11)8-17/h1-6H,7-9H2. The third-order valence-corrected chi connectivity index (χ3v) is 4.68. The van der Waals surface area contributed by atoms with Gasteiger partial charge < -0.3 is 0 Å². The smallest absolute Gasteiger partial charge is 0.143 e. The second-order valence-corrected chi connectivity index (χ2v) is 6.37. The van der Waals surface area contributed by atoms with Gasteiger partial charge in [0.1, 0.15) is 11.6 Å². The lowest BCUT2D eigenvalue weighted by Crippen LogP contribution is -2.23. The summed E-state index contributed by atoms with van der Waals surface area (Å²) in [5.74, 6) is -1.21. The van der Waals surface area contributed by atoms with E-state index in [1.165, 1.54) is 12.1 Å². The third-order valence-electron chi connectivity index (χ3n) is 4.07. The topological polar surface area (TPSA) is 23.8 Å². The summed E-state index contributed by atoms with van der Waals surface area (Å²) in [5, 5.41) is 9.59. The Hall–Kier alpha value is -1.73. The second kappa shape index (κ2) is 5.23. The molecule has 0 heterocycles. The lowest BCUT2D eigenvalue weighted by Gasteiger charge is -2.21. The summed E-state index contributed by atoms with van der Waals surface area (Å²) >= 11 is 3.07. The highest BCUT2D eigenvalue weighted by Gasteiger charge is 2.39. The minimum atomic E-state index is -0.772. The van der Waals surface area contributed by atoms with Crippen molar-refractivity contribution in [2.24, 2.45) is 5.41 Å². The van der Waals surface area contributed by atoms with Gasteiger partial charge >= 0.3 is 0 Å². The predicted molar refractivity (Wildman–Crippen MR) is 79.7 cm³/mol. The van der Waals surface area contributed by atoms with E-state index >= 15 is 0 Å². The minimum Gasteiger partial charge on any atom is -0.207 e. The van der Waals surface area contributed by atoms with Crippen molar-refractivity contribution < 1.29 is 8.78 Å². The molecule has 1 nitrogen and oxygen atoms in total. The number of hydrogen-bond donors (Lipinski definition) is 0. The van der Waals surface area contributed by atoms with E-state index in [-0.39, 0.29) is 16.5 Å². The van der Waals surface area contributed by atoms with E-state index in [2.05, 4.69) is 22.0 Å². The molecule has 21 heavy (non-hydrogen) atoms. The maximum Gasteiger partial charge on any atom is 0.143 e. The molecule has 0 saturated carbocycles. The second-order valence-electron chi connectivity index (χ2n) is 5.51. The highest BCUT2D eigenvalue weighted by molar-refractivity contribution is 9.10. The van der Waals surface area contributed by atoms with E-state index in [4.69, 9.17) is 0 Å². The van der Waals surface area contributed by atoms with Crippen molar-refractivity contribution in [3.05, 3.63) is 69.2 Å². The highest BCUT2D eigenvalue weighted by atomic mass is 79.9. The molecule has 0 N–H and O–H groups in total. The Bertz CT molecular complexity index is 724. The summed E-state index contributed by atoms with van der Waals surface area (Å²) in [4.78, 5) is 0. The lowest BCUT2D eigenvalue weighted by atomic mass is 9.80. The number of rotatable bonds is 2. The van der Waals surface area contributed by atoms with Gasteiger partial charge in [-0.15, -0.1) is 0 Å². The van der Waals surface area contributed by atoms with Crippen molar-refractivity contribution in [2.75, 3.05) is 0 Å². The first kappa shape index (κ1) is 14.2. The normalized spacial score (nSPS) is 15.5. The number of benzene rings is 2. The number of hydrogen-bond acceptors (Lipinski definition) is 1. The van der Waals surface area contributed by atoms with Gasteiger partial charge in [-0.3, -0.25) is 0 Å². The molecule has 0 bridgehead atoms. The van der Waals surface area contributed by atoms with E-state index in [0.717, 1.165) is 11.1 Å². The minimum absolute atomic E-state index is 0.0151. The van der Waals surface area contributed by atoms with Gasteiger partial charge in [0, 0.05) is 5.56 Å². The zero-order valence-corrected chi connectivity index (χ0v) is 12.8. The van der Waals surface area contributed by atoms with Crippen molar-refractivity contribution in [3.63, 3.8) is 0 Å². The van der Waals surface area contributed by atoms with Crippen molar-refractivity contribution in [1.29, 1.82) is 5.26 Å². The summed E-state index contributed by atoms with van der Waals surface area (Å²) in [7, 11) is 0. The first-order valence-electron chi connectivity index (χ1n) is 6.65. The Morgan fingerprint density at radius 1 is 1.10 bits per heavy atom. The van der Waals surface area contributed by atoms with Crippen LogP contribution in [0, 0.1) is 28.4 Å². The molecule has 2 aromatic carbocycles. The van der Waals surface area contributed by atoms with Crippen molar-refractivity contribution in [3.8, 4) is 6.07 Å². The molecule has 4 heteroatoms. The molecule has 0 spiro atoms. The first-order chi connectivity index (χ1) is 10.0. The average Bonchev–Trinajstić information content (AvgIpc) is 2.86. The molecule has 0 radical (unpaired) electrons. The van der Waals surface area contributed by atoms with Crippen LogP contribution >= 0.6 is 15.9 Å². The molecule has 0 amide bonds. The molecule has 0 saturated heterocycles. The molecular formula is C17H12BrF2N. The summed E-state index contributed by atoms with van der Waals surface area (Å²) in [5.41, 5.74) is 1.40. The number of fused-ring (bicyclic) bond motifs is 1. The van der Waals surface area contributed by atoms with Crippen LogP contribution in [0.15, 0.2) is 40.9 Å². The number of nitriles is 1. The lowest BCUT2D eigenvalue weighted by molar-refractivity contribution is 0.397. The fourth-order valence-corrected chi connectivity index (χ4v) is 3.38. The van der Waals surface area contributed by atoms with Crippen LogP contribution in [-0.4, -0.2) is 0 Å². The van der Waals surface area contributed by atoms with Gasteiger partial charge in [0.25, 0.3) is 0 Å². The zero-order chi connectivity index (χ0) is 15.0. The van der Waals surface area contributed by atoms with Crippen LogP contribution < -0.4 is 0 Å². The van der Waals surface area contributed by atoms with Crippen molar-refractivity contribution in [1.82, 2.24) is 0 Å². The van der Waals surface area contributed by atoms with Crippen LogP contribution in [0.1, 0.15) is 16.7 Å². The third kappa shape index (κ3) is 2.47. The van der Waals surface area contributed by atoms with Crippen LogP contribution in [0.5, 0.6) is 0 Å². The van der Waals surface area contributed by atoms with Crippen molar-refractivity contribution in [2.45, 2.75) is 19.3 Å². The monoisotopic (exact) mass is 347 g/mol. The summed E-state index contributed by atoms with van der Waals surface area (Å²) in [6.45, 7) is 0. The van der Waals surface area contributed by atoms with Gasteiger partial charge in [-0.05, 0) is 58.5 Å². The number of halogens is 3. The van der Waals surface area contributed by atoms with Gasteiger partial charge in [0.15, 0.2) is 0 Å². The predicted octanol–water partition coefficient (Wildman–Crippen LogP) is 4.58. The molecule has 0 aliphatic heterocycles. The Balaban J connectivity index is 1.99. The summed E-state index contributed by atoms with van der Waals surface area (Å²) < 4.78 is 28.3. The molecular weight excluding hydrogens is 336 g/mol. The fraction of sp³-hybridized carbons (Fsp3) is 0.235. The highest BCUT2D eigenvalue weighted by Crippen LogP contribution is 2.40. The molecule has 0 unspecified atom stereocenters. The Morgan fingerprint density at radius 2 is 1.71 bits per heavy atom. The van der Waals surface area contributed by atoms with E-state index < -0.39 is 17.0 Å². The Morgan fingerprint density at radius 3 is 2.29 bits per heavy atom. The van der Waals surface area contributed by atoms with Crippen LogP contribution in [0.4, 0.5) is 8.78 Å². The van der Waals surface area contributed by atoms with Gasteiger partial charge in [0.2, 0.25) is 0 Å². The molecule has 0 aromatic heterocycles. The molecule has 0 fully saturated rings. The van der Waals surface area contributed by atoms with Crippen LogP contribution in [-0.2, 0) is 19.3 Å². The van der Waals surface area contributed by atoms with Crippen LogP contribution in [0.2, 0.25) is 0 Å². The summed E-state index contributed by atoms with van der Waals surface area (Å²) in [6, 6.07) is 12.7. The SMILES string of the molecule is N#CC1(Cc2c(F)ccc(Br)c2F)Cc2ccccc2C1. The molecule has 0 atom stereocenters. The molecule has 2 aromatic rings. The summed E-state index contributed by atoms with van der Waals surface area (Å²) in [6.07, 6.45) is 1.14. The largest absolute Gasteiger partial charge is 0.207 e. The van der Waals surface area contributed by atoms with Gasteiger partial charge in [-0.25, -0.2) is 8.78 Å². The zero-order valence-electron chi connectivity index (χ0n) is 11.2. The average molecular weight is 348 g/mol. The Labute approximate surface area is 130 Å². The van der Waals surface area contributed by atoms with Gasteiger partial charge in [0.05, 0.1) is 16.0 Å². The van der Waals surface area contributed by atoms with E-state index in [1.807, 2.05) is 24.3 Å². The molecule has 1 aliphatic rings. The maximum atomic E-state index is 14.2. The molecule has 106 valence electrons. The fourth-order valence-electron chi connectivity index (χ4n) is 3.01. The quantitative estimate of drug-likeness (QED) is 0.729. The Kier molecular flexibility index (Phi) is 3.54. The first-order valence-corrected chi connectivity index (χ1v) is 7.44. The molecule has 3 rings (SSSR count). The van der Waals surface area contributed by atoms with Gasteiger partial charge in [-0.2, -0.15) is 5.26 Å². The van der Waals surface area contributed by atoms with Crippen LogP contribution in [0.25, 0.3) is 0 Å². The number of nitrogens with zero attached hydrogens (tertiary/aromatic N) is 1. The van der Waals surface area contributed by atoms with Gasteiger partial charge in [-0.1, -0.05) is 24.3 Å². The van der Waals surface area contributed by atoms with E-state index in [1.54, 1.807) is 0 Å². The molecule has 1 aliphatic carbocycles. The van der Waals surface area contributed by atoms with Crippen LogP contribution in [0.3, 0.4) is 0 Å². The van der Waals surface area contributed by atoms with Crippen molar-refractivity contribution >= 4 is 15.9 Å².